The molecule has 6 heteroatoms. The first-order valence-electron chi connectivity index (χ1n) is 6.03. The van der Waals surface area contributed by atoms with Gasteiger partial charge in [0.1, 0.15) is 28.4 Å². The Morgan fingerprint density at radius 2 is 1.81 bits per heavy atom. The van der Waals surface area contributed by atoms with Gasteiger partial charge < -0.3 is 14.6 Å². The van der Waals surface area contributed by atoms with Crippen molar-refractivity contribution in [3.63, 3.8) is 0 Å². The Morgan fingerprint density at radius 3 is 2.38 bits per heavy atom. The minimum atomic E-state index is -1.05. The number of hydrogen-bond acceptors (Lipinski definition) is 3. The van der Waals surface area contributed by atoms with Gasteiger partial charge in [0.15, 0.2) is 0 Å². The minimum Gasteiger partial charge on any atom is -0.495 e. The summed E-state index contributed by atoms with van der Waals surface area (Å²) in [5.74, 6) is 0.179. The molecule has 0 radical (unpaired) electrons. The Kier molecular flexibility index (Phi) is 4.93. The summed E-state index contributed by atoms with van der Waals surface area (Å²) in [6.45, 7) is 0. The van der Waals surface area contributed by atoms with Crippen molar-refractivity contribution in [1.29, 1.82) is 0 Å². The molecule has 0 aromatic heterocycles. The maximum Gasteiger partial charge on any atom is 0.147 e. The summed E-state index contributed by atoms with van der Waals surface area (Å²) in [4.78, 5) is 0. The van der Waals surface area contributed by atoms with E-state index in [9.17, 15) is 9.50 Å². The second-order valence-electron chi connectivity index (χ2n) is 4.28. The van der Waals surface area contributed by atoms with E-state index in [1.807, 2.05) is 0 Å². The maximum absolute atomic E-state index is 13.2. The smallest absolute Gasteiger partial charge is 0.147 e. The monoisotopic (exact) mass is 330 g/mol. The molecule has 0 fully saturated rings. The largest absolute Gasteiger partial charge is 0.495 e. The van der Waals surface area contributed by atoms with Crippen molar-refractivity contribution in [3.05, 3.63) is 57.3 Å². The molecule has 2 aromatic rings. The van der Waals surface area contributed by atoms with Crippen molar-refractivity contribution in [2.75, 3.05) is 14.2 Å². The van der Waals surface area contributed by atoms with E-state index in [0.717, 1.165) is 0 Å². The number of ether oxygens (including phenoxy) is 2. The van der Waals surface area contributed by atoms with E-state index in [4.69, 9.17) is 32.7 Å². The first-order valence-corrected chi connectivity index (χ1v) is 6.78. The molecule has 0 aliphatic carbocycles. The lowest BCUT2D eigenvalue weighted by Crippen LogP contribution is -2.04. The minimum absolute atomic E-state index is 0.0647. The Balaban J connectivity index is 2.50. The summed E-state index contributed by atoms with van der Waals surface area (Å²) >= 11 is 11.9. The van der Waals surface area contributed by atoms with Gasteiger partial charge in [-0.15, -0.1) is 0 Å². The van der Waals surface area contributed by atoms with E-state index in [1.165, 1.54) is 32.4 Å². The molecule has 1 atom stereocenters. The molecule has 0 saturated heterocycles. The van der Waals surface area contributed by atoms with Crippen LogP contribution in [0.25, 0.3) is 0 Å². The maximum atomic E-state index is 13.2. The highest BCUT2D eigenvalue weighted by Gasteiger charge is 2.21. The van der Waals surface area contributed by atoms with Crippen molar-refractivity contribution < 1.29 is 19.0 Å². The molecule has 0 aliphatic rings. The van der Waals surface area contributed by atoms with Gasteiger partial charge >= 0.3 is 0 Å². The highest BCUT2D eigenvalue weighted by Crippen LogP contribution is 2.41. The van der Waals surface area contributed by atoms with Crippen LogP contribution < -0.4 is 9.47 Å². The number of hydrogen-bond donors (Lipinski definition) is 1. The lowest BCUT2D eigenvalue weighted by molar-refractivity contribution is 0.214. The molecule has 0 saturated carbocycles. The molecule has 2 aromatic carbocycles. The third-order valence-corrected chi connectivity index (χ3v) is 3.72. The molecule has 1 unspecified atom stereocenters. The summed E-state index contributed by atoms with van der Waals surface area (Å²) in [7, 11) is 2.92. The van der Waals surface area contributed by atoms with Crippen LogP contribution >= 0.6 is 23.2 Å². The van der Waals surface area contributed by atoms with Crippen LogP contribution in [0, 0.1) is 5.82 Å². The average Bonchev–Trinajstić information content (AvgIpc) is 2.49. The summed E-state index contributed by atoms with van der Waals surface area (Å²) in [5.41, 5.74) is 0.868. The van der Waals surface area contributed by atoms with Gasteiger partial charge in [-0.3, -0.25) is 0 Å². The molecule has 0 bridgehead atoms. The normalized spacial score (nSPS) is 12.1. The summed E-state index contributed by atoms with van der Waals surface area (Å²) in [6, 6.07) is 7.25. The lowest BCUT2D eigenvalue weighted by Gasteiger charge is -2.18. The van der Waals surface area contributed by atoms with Crippen molar-refractivity contribution in [3.8, 4) is 11.5 Å². The Morgan fingerprint density at radius 1 is 1.10 bits per heavy atom. The number of methoxy groups -OCH3 is 2. The van der Waals surface area contributed by atoms with Crippen molar-refractivity contribution >= 4 is 23.2 Å². The molecule has 3 nitrogen and oxygen atoms in total. The van der Waals surface area contributed by atoms with Gasteiger partial charge in [-0.2, -0.15) is 0 Å². The molecular weight excluding hydrogens is 318 g/mol. The zero-order valence-electron chi connectivity index (χ0n) is 11.4. The van der Waals surface area contributed by atoms with Crippen LogP contribution in [-0.4, -0.2) is 19.3 Å². The van der Waals surface area contributed by atoms with Crippen LogP contribution in [0.4, 0.5) is 4.39 Å². The van der Waals surface area contributed by atoms with Crippen molar-refractivity contribution in [1.82, 2.24) is 0 Å². The van der Waals surface area contributed by atoms with Gasteiger partial charge in [-0.1, -0.05) is 29.3 Å². The van der Waals surface area contributed by atoms with Crippen LogP contribution in [0.5, 0.6) is 11.5 Å². The molecular formula is C15H13Cl2FO3. The van der Waals surface area contributed by atoms with E-state index in [1.54, 1.807) is 12.1 Å². The molecule has 0 heterocycles. The van der Waals surface area contributed by atoms with Gasteiger partial charge in [-0.25, -0.2) is 4.39 Å². The fourth-order valence-corrected chi connectivity index (χ4v) is 2.51. The van der Waals surface area contributed by atoms with Crippen LogP contribution in [-0.2, 0) is 0 Å². The standard InChI is InChI=1S/C15H13Cl2FO3/c1-20-12-6-4-9(15(21-2)13(12)17)14(19)8-3-5-11(18)10(16)7-8/h3-7,14,19H,1-2H3. The zero-order valence-corrected chi connectivity index (χ0v) is 12.9. The Bertz CT molecular complexity index is 662. The summed E-state index contributed by atoms with van der Waals surface area (Å²) in [5, 5.41) is 10.6. The van der Waals surface area contributed by atoms with E-state index < -0.39 is 11.9 Å². The summed E-state index contributed by atoms with van der Waals surface area (Å²) in [6.07, 6.45) is -1.05. The van der Waals surface area contributed by atoms with Gasteiger partial charge in [0, 0.05) is 5.56 Å². The van der Waals surface area contributed by atoms with Crippen LogP contribution in [0.1, 0.15) is 17.2 Å². The predicted octanol–water partition coefficient (Wildman–Crippen LogP) is 4.23. The molecule has 1 N–H and O–H groups in total. The van der Waals surface area contributed by atoms with E-state index >= 15 is 0 Å². The first kappa shape index (κ1) is 15.9. The fraction of sp³-hybridized carbons (Fsp3) is 0.200. The third kappa shape index (κ3) is 3.07. The van der Waals surface area contributed by atoms with E-state index in [0.29, 0.717) is 22.6 Å². The number of halogens is 3. The lowest BCUT2D eigenvalue weighted by atomic mass is 10.0. The topological polar surface area (TPSA) is 38.7 Å². The number of rotatable bonds is 4. The molecule has 2 rings (SSSR count). The number of aliphatic hydroxyl groups is 1. The van der Waals surface area contributed by atoms with Gasteiger partial charge in [0.05, 0.1) is 19.2 Å². The number of aliphatic hydroxyl groups excluding tert-OH is 1. The highest BCUT2D eigenvalue weighted by molar-refractivity contribution is 6.33. The molecule has 0 spiro atoms. The van der Waals surface area contributed by atoms with Crippen LogP contribution in [0.15, 0.2) is 30.3 Å². The third-order valence-electron chi connectivity index (χ3n) is 3.07. The van der Waals surface area contributed by atoms with Gasteiger partial charge in [0.25, 0.3) is 0 Å². The average molecular weight is 331 g/mol. The molecule has 0 amide bonds. The first-order chi connectivity index (χ1) is 9.99. The van der Waals surface area contributed by atoms with E-state index in [2.05, 4.69) is 0 Å². The fourth-order valence-electron chi connectivity index (χ4n) is 2.00. The van der Waals surface area contributed by atoms with Gasteiger partial charge in [-0.05, 0) is 29.8 Å². The number of benzene rings is 2. The Hall–Kier alpha value is -1.49. The highest BCUT2D eigenvalue weighted by atomic mass is 35.5. The summed E-state index contributed by atoms with van der Waals surface area (Å²) < 4.78 is 23.5. The van der Waals surface area contributed by atoms with E-state index in [-0.39, 0.29) is 10.0 Å². The second kappa shape index (κ2) is 6.52. The zero-order chi connectivity index (χ0) is 15.6. The van der Waals surface area contributed by atoms with Crippen LogP contribution in [0.2, 0.25) is 10.0 Å². The van der Waals surface area contributed by atoms with Gasteiger partial charge in [0.2, 0.25) is 0 Å². The molecule has 21 heavy (non-hydrogen) atoms. The quantitative estimate of drug-likeness (QED) is 0.911. The molecule has 112 valence electrons. The molecule has 0 aliphatic heterocycles. The second-order valence-corrected chi connectivity index (χ2v) is 5.07. The van der Waals surface area contributed by atoms with Crippen LogP contribution in [0.3, 0.4) is 0 Å². The van der Waals surface area contributed by atoms with Crippen molar-refractivity contribution in [2.45, 2.75) is 6.10 Å². The predicted molar refractivity (Wildman–Crippen MR) is 80.0 cm³/mol. The SMILES string of the molecule is COc1ccc(C(O)c2ccc(F)c(Cl)c2)c(OC)c1Cl. The van der Waals surface area contributed by atoms with Crippen molar-refractivity contribution in [2.24, 2.45) is 0 Å². The Labute approximate surface area is 131 Å².